The van der Waals surface area contributed by atoms with Gasteiger partial charge in [-0.25, -0.2) is 0 Å². The van der Waals surface area contributed by atoms with Crippen molar-refractivity contribution in [3.63, 3.8) is 0 Å². The number of hydrogen-bond acceptors (Lipinski definition) is 3. The summed E-state index contributed by atoms with van der Waals surface area (Å²) in [7, 11) is 1.80. The Morgan fingerprint density at radius 1 is 1.50 bits per heavy atom. The number of hydrogen-bond donors (Lipinski definition) is 2. The number of amides is 1. The van der Waals surface area contributed by atoms with Gasteiger partial charge in [-0.15, -0.1) is 0 Å². The summed E-state index contributed by atoms with van der Waals surface area (Å²) >= 11 is 0. The van der Waals surface area contributed by atoms with Crippen LogP contribution in [0.15, 0.2) is 0 Å². The number of nitrogens with one attached hydrogen (secondary N) is 1. The minimum absolute atomic E-state index is 0.258. The third-order valence-corrected chi connectivity index (χ3v) is 4.61. The van der Waals surface area contributed by atoms with Gasteiger partial charge < -0.3 is 11.1 Å². The third-order valence-electron chi connectivity index (χ3n) is 4.61. The average molecular weight is 255 g/mol. The smallest absolute Gasteiger partial charge is 0.237 e. The van der Waals surface area contributed by atoms with Crippen LogP contribution < -0.4 is 11.1 Å². The van der Waals surface area contributed by atoms with Crippen LogP contribution in [-0.4, -0.2) is 42.0 Å². The first-order valence-corrected chi connectivity index (χ1v) is 7.19. The predicted molar refractivity (Wildman–Crippen MR) is 75.4 cm³/mol. The Kier molecular flexibility index (Phi) is 5.60. The van der Waals surface area contributed by atoms with E-state index in [4.69, 9.17) is 5.73 Å². The Labute approximate surface area is 111 Å². The van der Waals surface area contributed by atoms with Gasteiger partial charge in [0.1, 0.15) is 0 Å². The molecule has 1 aliphatic heterocycles. The Morgan fingerprint density at radius 2 is 2.17 bits per heavy atom. The van der Waals surface area contributed by atoms with Crippen LogP contribution in [0.5, 0.6) is 0 Å². The molecule has 0 aromatic heterocycles. The topological polar surface area (TPSA) is 58.4 Å². The summed E-state index contributed by atoms with van der Waals surface area (Å²) in [6.07, 6.45) is 5.66. The molecule has 106 valence electrons. The minimum Gasteiger partial charge on any atom is -0.368 e. The van der Waals surface area contributed by atoms with E-state index in [1.165, 1.54) is 19.3 Å². The molecule has 1 amide bonds. The fourth-order valence-electron chi connectivity index (χ4n) is 2.95. The van der Waals surface area contributed by atoms with Crippen molar-refractivity contribution in [1.29, 1.82) is 0 Å². The highest BCUT2D eigenvalue weighted by molar-refractivity contribution is 5.84. The van der Waals surface area contributed by atoms with Crippen molar-refractivity contribution in [3.05, 3.63) is 0 Å². The quantitative estimate of drug-likeness (QED) is 0.724. The summed E-state index contributed by atoms with van der Waals surface area (Å²) in [6.45, 7) is 7.53. The number of rotatable bonds is 7. The van der Waals surface area contributed by atoms with E-state index in [0.29, 0.717) is 6.04 Å². The van der Waals surface area contributed by atoms with Crippen LogP contribution in [0.3, 0.4) is 0 Å². The van der Waals surface area contributed by atoms with Crippen molar-refractivity contribution >= 4 is 5.91 Å². The van der Waals surface area contributed by atoms with E-state index >= 15 is 0 Å². The maximum absolute atomic E-state index is 11.4. The summed E-state index contributed by atoms with van der Waals surface area (Å²) in [5, 5.41) is 3.05. The molecule has 0 bridgehead atoms. The molecule has 0 aliphatic carbocycles. The zero-order chi connectivity index (χ0) is 13.8. The molecule has 1 heterocycles. The molecule has 1 rings (SSSR count). The van der Waals surface area contributed by atoms with E-state index in [1.54, 1.807) is 7.05 Å². The zero-order valence-electron chi connectivity index (χ0n) is 12.3. The van der Waals surface area contributed by atoms with Gasteiger partial charge in [0.15, 0.2) is 0 Å². The summed E-state index contributed by atoms with van der Waals surface area (Å²) in [4.78, 5) is 14.0. The molecule has 1 fully saturated rings. The summed E-state index contributed by atoms with van der Waals surface area (Å²) in [6, 6.07) is 1.42. The largest absolute Gasteiger partial charge is 0.368 e. The number of nitrogens with zero attached hydrogens (tertiary/aromatic N) is 1. The van der Waals surface area contributed by atoms with Crippen LogP contribution in [0.4, 0.5) is 0 Å². The molecular weight excluding hydrogens is 226 g/mol. The lowest BCUT2D eigenvalue weighted by molar-refractivity contribution is -0.123. The van der Waals surface area contributed by atoms with Crippen LogP contribution in [-0.2, 0) is 4.79 Å². The summed E-state index contributed by atoms with van der Waals surface area (Å²) in [5.41, 5.74) is 4.88. The second kappa shape index (κ2) is 6.53. The Morgan fingerprint density at radius 3 is 2.67 bits per heavy atom. The monoisotopic (exact) mass is 255 g/mol. The lowest BCUT2D eigenvalue weighted by atomic mass is 9.95. The van der Waals surface area contributed by atoms with E-state index in [9.17, 15) is 4.79 Å². The maximum Gasteiger partial charge on any atom is 0.237 e. The molecule has 0 saturated carbocycles. The van der Waals surface area contributed by atoms with Crippen molar-refractivity contribution < 1.29 is 4.79 Å². The van der Waals surface area contributed by atoms with Gasteiger partial charge in [-0.3, -0.25) is 9.69 Å². The molecule has 1 aliphatic rings. The molecule has 18 heavy (non-hydrogen) atoms. The zero-order valence-corrected chi connectivity index (χ0v) is 12.3. The van der Waals surface area contributed by atoms with Crippen LogP contribution in [0.25, 0.3) is 0 Å². The van der Waals surface area contributed by atoms with E-state index in [-0.39, 0.29) is 5.91 Å². The highest BCUT2D eigenvalue weighted by atomic mass is 16.1. The number of primary amides is 1. The van der Waals surface area contributed by atoms with Crippen molar-refractivity contribution in [2.45, 2.75) is 70.5 Å². The second-order valence-electron chi connectivity index (χ2n) is 5.78. The van der Waals surface area contributed by atoms with Crippen molar-refractivity contribution in [2.24, 2.45) is 5.73 Å². The first-order valence-electron chi connectivity index (χ1n) is 7.19. The van der Waals surface area contributed by atoms with E-state index in [2.05, 4.69) is 24.1 Å². The first-order chi connectivity index (χ1) is 8.44. The average Bonchev–Trinajstić information content (AvgIpc) is 2.70. The number of carbonyl (C=O) groups is 1. The van der Waals surface area contributed by atoms with Crippen LogP contribution in [0.1, 0.15) is 52.9 Å². The molecule has 1 saturated heterocycles. The van der Waals surface area contributed by atoms with Crippen molar-refractivity contribution in [3.8, 4) is 0 Å². The fraction of sp³-hybridized carbons (Fsp3) is 0.929. The van der Waals surface area contributed by atoms with Crippen molar-refractivity contribution in [1.82, 2.24) is 10.2 Å². The minimum atomic E-state index is -0.565. The van der Waals surface area contributed by atoms with Crippen LogP contribution >= 0.6 is 0 Å². The van der Waals surface area contributed by atoms with E-state index in [0.717, 1.165) is 25.4 Å². The normalized spacial score (nSPS) is 28.2. The third kappa shape index (κ3) is 3.45. The Hall–Kier alpha value is -0.610. The van der Waals surface area contributed by atoms with Gasteiger partial charge in [-0.05, 0) is 59.5 Å². The number of nitrogens with two attached hydrogens (primary N) is 1. The lowest BCUT2D eigenvalue weighted by Crippen LogP contribution is -2.51. The Bertz CT molecular complexity index is 282. The van der Waals surface area contributed by atoms with Gasteiger partial charge in [-0.2, -0.15) is 0 Å². The Balaban J connectivity index is 2.43. The molecule has 4 nitrogen and oxygen atoms in total. The van der Waals surface area contributed by atoms with E-state index in [1.807, 2.05) is 6.92 Å². The van der Waals surface area contributed by atoms with Gasteiger partial charge in [0.25, 0.3) is 0 Å². The molecular formula is C14H29N3O. The molecule has 4 heteroatoms. The first kappa shape index (κ1) is 15.4. The second-order valence-corrected chi connectivity index (χ2v) is 5.78. The molecule has 3 unspecified atom stereocenters. The fourth-order valence-corrected chi connectivity index (χ4v) is 2.95. The highest BCUT2D eigenvalue weighted by Crippen LogP contribution is 2.26. The van der Waals surface area contributed by atoms with Gasteiger partial charge in [-0.1, -0.05) is 6.92 Å². The number of likely N-dealkylation sites (tertiary alicyclic amines) is 1. The van der Waals surface area contributed by atoms with Gasteiger partial charge in [0.2, 0.25) is 5.91 Å². The number of carbonyl (C=O) groups excluding carboxylic acids is 1. The summed E-state index contributed by atoms with van der Waals surface area (Å²) in [5.74, 6) is -0.258. The van der Waals surface area contributed by atoms with Crippen molar-refractivity contribution in [2.75, 3.05) is 13.6 Å². The van der Waals surface area contributed by atoms with E-state index < -0.39 is 5.54 Å². The molecule has 0 radical (unpaired) electrons. The molecule has 0 spiro atoms. The predicted octanol–water partition coefficient (Wildman–Crippen LogP) is 1.49. The molecule has 0 aromatic carbocycles. The maximum atomic E-state index is 11.4. The number of likely N-dealkylation sites (N-methyl/N-ethyl adjacent to an activating group) is 1. The van der Waals surface area contributed by atoms with Gasteiger partial charge in [0, 0.05) is 12.1 Å². The lowest BCUT2D eigenvalue weighted by Gasteiger charge is -2.30. The molecule has 3 atom stereocenters. The standard InChI is InChI=1S/C14H29N3O/c1-5-12-8-7-11(2)17(12)10-6-9-14(3,16-4)13(15)18/h11-12,16H,5-10H2,1-4H3,(H2,15,18). The molecule has 3 N–H and O–H groups in total. The molecule has 0 aromatic rings. The highest BCUT2D eigenvalue weighted by Gasteiger charge is 2.31. The SMILES string of the molecule is CCC1CCC(C)N1CCCC(C)(NC)C(N)=O. The van der Waals surface area contributed by atoms with Gasteiger partial charge in [0.05, 0.1) is 5.54 Å². The summed E-state index contributed by atoms with van der Waals surface area (Å²) < 4.78 is 0. The van der Waals surface area contributed by atoms with Crippen LogP contribution in [0.2, 0.25) is 0 Å². The van der Waals surface area contributed by atoms with Gasteiger partial charge >= 0.3 is 0 Å². The van der Waals surface area contributed by atoms with Crippen LogP contribution in [0, 0.1) is 0 Å².